The van der Waals surface area contributed by atoms with Gasteiger partial charge in [-0.3, -0.25) is 4.90 Å². The van der Waals surface area contributed by atoms with Gasteiger partial charge in [0.05, 0.1) is 12.7 Å². The lowest BCUT2D eigenvalue weighted by Gasteiger charge is -2.30. The molecule has 2 aliphatic heterocycles. The lowest BCUT2D eigenvalue weighted by molar-refractivity contribution is -0.0460. The first-order valence-corrected chi connectivity index (χ1v) is 5.21. The van der Waals surface area contributed by atoms with Crippen molar-refractivity contribution in [3.8, 4) is 0 Å². The van der Waals surface area contributed by atoms with Crippen molar-refractivity contribution in [3.05, 3.63) is 12.3 Å². The fourth-order valence-electron chi connectivity index (χ4n) is 2.05. The number of hydrogen-bond donors (Lipinski definition) is 2. The van der Waals surface area contributed by atoms with E-state index in [1.54, 1.807) is 11.1 Å². The molecule has 15 heavy (non-hydrogen) atoms. The van der Waals surface area contributed by atoms with E-state index in [4.69, 9.17) is 9.84 Å². The number of aliphatic hydroxyl groups excluding tert-OH is 1. The molecule has 0 aromatic heterocycles. The van der Waals surface area contributed by atoms with Crippen LogP contribution in [0.4, 0.5) is 4.79 Å². The molecular weight excluding hydrogens is 196 g/mol. The van der Waals surface area contributed by atoms with E-state index in [9.17, 15) is 4.79 Å². The predicted octanol–water partition coefficient (Wildman–Crippen LogP) is 0.269. The van der Waals surface area contributed by atoms with E-state index in [1.165, 1.54) is 0 Å². The minimum Gasteiger partial charge on any atom is -0.394 e. The summed E-state index contributed by atoms with van der Waals surface area (Å²) in [6.45, 7) is 2.61. The summed E-state index contributed by atoms with van der Waals surface area (Å²) < 4.78 is 5.60. The van der Waals surface area contributed by atoms with E-state index in [0.29, 0.717) is 6.54 Å². The van der Waals surface area contributed by atoms with Gasteiger partial charge in [0.15, 0.2) is 0 Å². The van der Waals surface area contributed by atoms with Crippen molar-refractivity contribution in [2.45, 2.75) is 25.7 Å². The molecule has 5 nitrogen and oxygen atoms in total. The smallest absolute Gasteiger partial charge is 0.323 e. The summed E-state index contributed by atoms with van der Waals surface area (Å²) in [5.41, 5.74) is 0. The molecule has 2 heterocycles. The average molecular weight is 212 g/mol. The maximum atomic E-state index is 11.5. The van der Waals surface area contributed by atoms with Gasteiger partial charge in [-0.15, -0.1) is 0 Å². The summed E-state index contributed by atoms with van der Waals surface area (Å²) in [5, 5.41) is 11.7. The average Bonchev–Trinajstić information content (AvgIpc) is 2.60. The molecule has 3 atom stereocenters. The first kappa shape index (κ1) is 10.4. The van der Waals surface area contributed by atoms with Gasteiger partial charge in [0.25, 0.3) is 0 Å². The van der Waals surface area contributed by atoms with Crippen molar-refractivity contribution in [1.29, 1.82) is 0 Å². The highest BCUT2D eigenvalue weighted by Gasteiger charge is 2.37. The lowest BCUT2D eigenvalue weighted by Crippen LogP contribution is -2.47. The van der Waals surface area contributed by atoms with Gasteiger partial charge in [0.1, 0.15) is 6.23 Å². The standard InChI is InChI=1S/C10H16N2O3/c1-7-5-8(6-13)15-9(7)12-4-2-3-11-10(12)14/h2,4,7-9,13H,3,5-6H2,1H3,(H,11,14). The number of amides is 2. The second-order valence-electron chi connectivity index (χ2n) is 4.02. The van der Waals surface area contributed by atoms with Crippen LogP contribution in [0.2, 0.25) is 0 Å². The summed E-state index contributed by atoms with van der Waals surface area (Å²) in [6.07, 6.45) is 4.02. The Bertz CT molecular complexity index is 280. The molecule has 5 heteroatoms. The van der Waals surface area contributed by atoms with Crippen LogP contribution in [0, 0.1) is 5.92 Å². The molecule has 2 aliphatic rings. The quantitative estimate of drug-likeness (QED) is 0.690. The molecule has 1 fully saturated rings. The number of aliphatic hydroxyl groups is 1. The first-order chi connectivity index (χ1) is 7.22. The van der Waals surface area contributed by atoms with Crippen molar-refractivity contribution in [2.24, 2.45) is 5.92 Å². The minimum absolute atomic E-state index is 0.0139. The topological polar surface area (TPSA) is 61.8 Å². The Morgan fingerprint density at radius 1 is 1.73 bits per heavy atom. The second kappa shape index (κ2) is 4.20. The maximum Gasteiger partial charge on any atom is 0.323 e. The molecule has 0 saturated carbocycles. The molecule has 1 saturated heterocycles. The molecule has 84 valence electrons. The van der Waals surface area contributed by atoms with Crippen molar-refractivity contribution in [1.82, 2.24) is 10.2 Å². The van der Waals surface area contributed by atoms with Crippen LogP contribution in [-0.2, 0) is 4.74 Å². The Morgan fingerprint density at radius 2 is 2.53 bits per heavy atom. The number of ether oxygens (including phenoxy) is 1. The van der Waals surface area contributed by atoms with Crippen LogP contribution in [0.5, 0.6) is 0 Å². The number of nitrogens with zero attached hydrogens (tertiary/aromatic N) is 1. The van der Waals surface area contributed by atoms with E-state index in [2.05, 4.69) is 5.32 Å². The van der Waals surface area contributed by atoms with Gasteiger partial charge in [0, 0.05) is 18.7 Å². The van der Waals surface area contributed by atoms with Crippen molar-refractivity contribution in [3.63, 3.8) is 0 Å². The van der Waals surface area contributed by atoms with Gasteiger partial charge in [-0.05, 0) is 12.5 Å². The Kier molecular flexibility index (Phi) is 2.93. The highest BCUT2D eigenvalue weighted by molar-refractivity contribution is 5.76. The number of urea groups is 1. The van der Waals surface area contributed by atoms with E-state index < -0.39 is 0 Å². The third kappa shape index (κ3) is 1.98. The zero-order chi connectivity index (χ0) is 10.8. The minimum atomic E-state index is -0.251. The Morgan fingerprint density at radius 3 is 3.13 bits per heavy atom. The number of hydrogen-bond acceptors (Lipinski definition) is 3. The fraction of sp³-hybridized carbons (Fsp3) is 0.700. The van der Waals surface area contributed by atoms with Crippen LogP contribution in [-0.4, -0.2) is 41.5 Å². The Labute approximate surface area is 88.7 Å². The Hall–Kier alpha value is -1.07. The van der Waals surface area contributed by atoms with Crippen LogP contribution in [0.3, 0.4) is 0 Å². The molecule has 0 aromatic rings. The van der Waals surface area contributed by atoms with Crippen molar-refractivity contribution >= 4 is 6.03 Å². The number of nitrogens with one attached hydrogen (secondary N) is 1. The third-order valence-corrected chi connectivity index (χ3v) is 2.80. The van der Waals surface area contributed by atoms with Crippen molar-refractivity contribution in [2.75, 3.05) is 13.2 Å². The summed E-state index contributed by atoms with van der Waals surface area (Å²) in [7, 11) is 0. The molecule has 0 bridgehead atoms. The molecule has 0 spiro atoms. The summed E-state index contributed by atoms with van der Waals surface area (Å²) >= 11 is 0. The van der Waals surface area contributed by atoms with E-state index in [0.717, 1.165) is 6.42 Å². The maximum absolute atomic E-state index is 11.5. The van der Waals surface area contributed by atoms with Gasteiger partial charge < -0.3 is 15.2 Å². The molecule has 2 rings (SSSR count). The third-order valence-electron chi connectivity index (χ3n) is 2.80. The first-order valence-electron chi connectivity index (χ1n) is 5.21. The van der Waals surface area contributed by atoms with Crippen LogP contribution < -0.4 is 5.32 Å². The number of rotatable bonds is 2. The van der Waals surface area contributed by atoms with Gasteiger partial charge in [0.2, 0.25) is 0 Å². The zero-order valence-electron chi connectivity index (χ0n) is 8.72. The molecule has 0 aromatic carbocycles. The van der Waals surface area contributed by atoms with Crippen molar-refractivity contribution < 1.29 is 14.6 Å². The zero-order valence-corrected chi connectivity index (χ0v) is 8.72. The number of carbonyl (C=O) groups is 1. The van der Waals surface area contributed by atoms with Crippen LogP contribution in [0.25, 0.3) is 0 Å². The van der Waals surface area contributed by atoms with Gasteiger partial charge in [-0.25, -0.2) is 4.79 Å². The van der Waals surface area contributed by atoms with Crippen LogP contribution >= 0.6 is 0 Å². The van der Waals surface area contributed by atoms with E-state index in [-0.39, 0.29) is 30.9 Å². The SMILES string of the molecule is CC1CC(CO)OC1N1C=CCNC1=O. The fourth-order valence-corrected chi connectivity index (χ4v) is 2.05. The number of carbonyl (C=O) groups excluding carboxylic acids is 1. The van der Waals surface area contributed by atoms with E-state index in [1.807, 2.05) is 13.0 Å². The predicted molar refractivity (Wildman–Crippen MR) is 53.9 cm³/mol. The summed E-state index contributed by atoms with van der Waals surface area (Å²) in [5.74, 6) is 0.246. The summed E-state index contributed by atoms with van der Waals surface area (Å²) in [4.78, 5) is 13.1. The van der Waals surface area contributed by atoms with Gasteiger partial charge in [-0.1, -0.05) is 6.92 Å². The molecule has 0 radical (unpaired) electrons. The van der Waals surface area contributed by atoms with Gasteiger partial charge in [-0.2, -0.15) is 0 Å². The van der Waals surface area contributed by atoms with Crippen LogP contribution in [0.15, 0.2) is 12.3 Å². The van der Waals surface area contributed by atoms with E-state index >= 15 is 0 Å². The summed E-state index contributed by atoms with van der Waals surface area (Å²) in [6, 6.07) is -0.132. The molecular formula is C10H16N2O3. The monoisotopic (exact) mass is 212 g/mol. The Balaban J connectivity index is 2.06. The highest BCUT2D eigenvalue weighted by Crippen LogP contribution is 2.29. The van der Waals surface area contributed by atoms with Crippen LogP contribution in [0.1, 0.15) is 13.3 Å². The largest absolute Gasteiger partial charge is 0.394 e. The molecule has 2 N–H and O–H groups in total. The normalized spacial score (nSPS) is 35.7. The lowest BCUT2D eigenvalue weighted by atomic mass is 10.1. The molecule has 0 aliphatic carbocycles. The molecule has 2 amide bonds. The second-order valence-corrected chi connectivity index (χ2v) is 4.02. The molecule has 3 unspecified atom stereocenters. The highest BCUT2D eigenvalue weighted by atomic mass is 16.5. The van der Waals surface area contributed by atoms with Gasteiger partial charge >= 0.3 is 6.03 Å².